The lowest BCUT2D eigenvalue weighted by Crippen LogP contribution is -2.28. The Morgan fingerprint density at radius 1 is 0.295 bits per heavy atom. The molecule has 0 heterocycles. The van der Waals surface area contributed by atoms with Crippen molar-refractivity contribution in [3.05, 3.63) is 182 Å². The molecule has 0 radical (unpaired) electrons. The molecule has 0 fully saturated rings. The van der Waals surface area contributed by atoms with Crippen LogP contribution in [0.3, 0.4) is 0 Å². The summed E-state index contributed by atoms with van der Waals surface area (Å²) < 4.78 is 10.7. The highest BCUT2D eigenvalue weighted by Crippen LogP contribution is 2.15. The molecule has 0 aromatic heterocycles. The summed E-state index contributed by atoms with van der Waals surface area (Å²) in [4.78, 5) is 24.6. The number of hydrogen-bond acceptors (Lipinski definition) is 5. The molecule has 78 heavy (non-hydrogen) atoms. The van der Waals surface area contributed by atoms with Crippen molar-refractivity contribution in [2.75, 3.05) is 13.2 Å². The van der Waals surface area contributed by atoms with Gasteiger partial charge in [0.05, 0.1) is 6.61 Å². The van der Waals surface area contributed by atoms with Gasteiger partial charge in [0.15, 0.2) is 6.10 Å². The molecule has 5 nitrogen and oxygen atoms in total. The number of aliphatic hydroxyl groups excluding tert-OH is 1. The predicted molar refractivity (Wildman–Crippen MR) is 343 cm³/mol. The Balaban J connectivity index is 3.60. The van der Waals surface area contributed by atoms with E-state index in [0.717, 1.165) is 141 Å². The summed E-state index contributed by atoms with van der Waals surface area (Å²) in [6.07, 6.45) is 104. The number of unbranched alkanes of at least 4 members (excludes halogenated alkanes) is 17. The number of esters is 2. The average molecular weight is 1070 g/mol. The molecule has 0 amide bonds. The second-order valence-electron chi connectivity index (χ2n) is 20.0. The number of hydrogen-bond donors (Lipinski definition) is 1. The van der Waals surface area contributed by atoms with E-state index in [1.165, 1.54) is 77.0 Å². The molecule has 436 valence electrons. The molecule has 0 aromatic carbocycles. The first kappa shape index (κ1) is 73.0. The van der Waals surface area contributed by atoms with Crippen LogP contribution in [0.2, 0.25) is 0 Å². The van der Waals surface area contributed by atoms with E-state index in [9.17, 15) is 14.7 Å². The molecular formula is C73H114O5. The van der Waals surface area contributed by atoms with E-state index in [-0.39, 0.29) is 25.2 Å². The number of carbonyl (C=O) groups excluding carboxylic acids is 2. The summed E-state index contributed by atoms with van der Waals surface area (Å²) in [5.41, 5.74) is 0. The second kappa shape index (κ2) is 66.3. The number of aliphatic hydroxyl groups is 1. The lowest BCUT2D eigenvalue weighted by atomic mass is 10.0. The molecule has 5 heteroatoms. The standard InChI is InChI=1S/C73H114O5/c1-3-5-7-9-11-13-15-17-19-21-23-25-27-29-30-31-32-33-34-35-36-37-38-39-40-41-42-44-46-48-50-52-54-56-58-60-62-64-66-68-73(76)78-71(69-74)70-77-72(75)67-65-63-61-59-57-55-53-51-49-47-45-43-28-26-24-22-20-18-16-14-12-10-8-6-4-2/h5-8,11-14,17-20,23-26,29-30,32-33,35-36,38-39,43,45,49,51,55,57,71,74H,3-4,9-10,15-16,21-22,27-28,31,34,37,40-42,44,46-48,50,52-54,56,58-70H2,1-2H3/b7-5-,8-6-,13-11-,14-12-,19-17-,20-18-,25-23-,26-24-,30-29-,33-32-,36-35-,39-38-,45-43-,51-49-,57-55-. The predicted octanol–water partition coefficient (Wildman–Crippen LogP) is 21.9. The van der Waals surface area contributed by atoms with E-state index in [1.807, 2.05) is 0 Å². The van der Waals surface area contributed by atoms with Crippen LogP contribution in [0.1, 0.15) is 245 Å². The van der Waals surface area contributed by atoms with Gasteiger partial charge in [0.25, 0.3) is 0 Å². The summed E-state index contributed by atoms with van der Waals surface area (Å²) in [7, 11) is 0. The lowest BCUT2D eigenvalue weighted by molar-refractivity contribution is -0.161. The fraction of sp³-hybridized carbons (Fsp3) is 0.562. The molecular weight excluding hydrogens is 957 g/mol. The quantitative estimate of drug-likeness (QED) is 0.0373. The van der Waals surface area contributed by atoms with Crippen LogP contribution in [0.5, 0.6) is 0 Å². The third-order valence-electron chi connectivity index (χ3n) is 12.7. The maximum Gasteiger partial charge on any atom is 0.306 e. The zero-order valence-electron chi connectivity index (χ0n) is 49.8. The molecule has 1 atom stereocenters. The van der Waals surface area contributed by atoms with E-state index >= 15 is 0 Å². The summed E-state index contributed by atoms with van der Waals surface area (Å²) in [5, 5.41) is 9.67. The third kappa shape index (κ3) is 63.5. The maximum atomic E-state index is 12.3. The monoisotopic (exact) mass is 1070 g/mol. The van der Waals surface area contributed by atoms with Gasteiger partial charge in [-0.1, -0.05) is 280 Å². The number of carbonyl (C=O) groups is 2. The van der Waals surface area contributed by atoms with Gasteiger partial charge >= 0.3 is 11.9 Å². The van der Waals surface area contributed by atoms with Gasteiger partial charge in [-0.3, -0.25) is 9.59 Å². The molecule has 0 aliphatic rings. The molecule has 0 saturated carbocycles. The Morgan fingerprint density at radius 3 is 0.782 bits per heavy atom. The van der Waals surface area contributed by atoms with Gasteiger partial charge in [0, 0.05) is 12.8 Å². The third-order valence-corrected chi connectivity index (χ3v) is 12.7. The molecule has 0 aliphatic heterocycles. The molecule has 1 unspecified atom stereocenters. The van der Waals surface area contributed by atoms with E-state index in [1.54, 1.807) is 0 Å². The first-order valence-corrected chi connectivity index (χ1v) is 31.3. The smallest absolute Gasteiger partial charge is 0.306 e. The highest BCUT2D eigenvalue weighted by atomic mass is 16.6. The van der Waals surface area contributed by atoms with Crippen LogP contribution in [0.15, 0.2) is 182 Å². The van der Waals surface area contributed by atoms with Gasteiger partial charge in [-0.05, 0) is 135 Å². The van der Waals surface area contributed by atoms with Crippen LogP contribution < -0.4 is 0 Å². The highest BCUT2D eigenvalue weighted by Gasteiger charge is 2.16. The van der Waals surface area contributed by atoms with E-state index in [4.69, 9.17) is 9.47 Å². The van der Waals surface area contributed by atoms with Crippen LogP contribution >= 0.6 is 0 Å². The van der Waals surface area contributed by atoms with Crippen molar-refractivity contribution in [1.82, 2.24) is 0 Å². The molecule has 0 aromatic rings. The van der Waals surface area contributed by atoms with Gasteiger partial charge in [-0.15, -0.1) is 0 Å². The Labute approximate surface area is 480 Å². The van der Waals surface area contributed by atoms with Gasteiger partial charge in [0.1, 0.15) is 6.61 Å². The minimum Gasteiger partial charge on any atom is -0.462 e. The first-order valence-electron chi connectivity index (χ1n) is 31.3. The lowest BCUT2D eigenvalue weighted by Gasteiger charge is -2.15. The minimum atomic E-state index is -0.801. The molecule has 0 saturated heterocycles. The molecule has 1 N–H and O–H groups in total. The summed E-state index contributed by atoms with van der Waals surface area (Å²) >= 11 is 0. The van der Waals surface area contributed by atoms with Crippen LogP contribution in [0.4, 0.5) is 0 Å². The van der Waals surface area contributed by atoms with Crippen LogP contribution in [0, 0.1) is 0 Å². The fourth-order valence-corrected chi connectivity index (χ4v) is 8.08. The molecule has 0 rings (SSSR count). The maximum absolute atomic E-state index is 12.3. The van der Waals surface area contributed by atoms with Crippen molar-refractivity contribution in [3.63, 3.8) is 0 Å². The molecule has 0 spiro atoms. The minimum absolute atomic E-state index is 0.0942. The average Bonchev–Trinajstić information content (AvgIpc) is 3.44. The van der Waals surface area contributed by atoms with E-state index in [2.05, 4.69) is 196 Å². The largest absolute Gasteiger partial charge is 0.462 e. The van der Waals surface area contributed by atoms with Crippen molar-refractivity contribution in [3.8, 4) is 0 Å². The summed E-state index contributed by atoms with van der Waals surface area (Å²) in [6, 6.07) is 0. The van der Waals surface area contributed by atoms with E-state index in [0.29, 0.717) is 12.8 Å². The zero-order valence-corrected chi connectivity index (χ0v) is 49.8. The normalized spacial score (nSPS) is 13.5. The number of rotatable bonds is 55. The molecule has 0 aliphatic carbocycles. The van der Waals surface area contributed by atoms with Crippen molar-refractivity contribution in [1.29, 1.82) is 0 Å². The number of ether oxygens (including phenoxy) is 2. The summed E-state index contributed by atoms with van der Waals surface area (Å²) in [5.74, 6) is -0.639. The Morgan fingerprint density at radius 2 is 0.513 bits per heavy atom. The van der Waals surface area contributed by atoms with E-state index < -0.39 is 6.10 Å². The van der Waals surface area contributed by atoms with Gasteiger partial charge in [-0.25, -0.2) is 0 Å². The summed E-state index contributed by atoms with van der Waals surface area (Å²) in [6.45, 7) is 3.88. The second-order valence-corrected chi connectivity index (χ2v) is 20.0. The van der Waals surface area contributed by atoms with Crippen molar-refractivity contribution < 1.29 is 24.2 Å². The zero-order chi connectivity index (χ0) is 56.2. The first-order chi connectivity index (χ1) is 38.6. The van der Waals surface area contributed by atoms with Crippen LogP contribution in [-0.2, 0) is 19.1 Å². The Kier molecular flexibility index (Phi) is 62.0. The fourth-order valence-electron chi connectivity index (χ4n) is 8.08. The highest BCUT2D eigenvalue weighted by molar-refractivity contribution is 5.70. The van der Waals surface area contributed by atoms with Crippen LogP contribution in [0.25, 0.3) is 0 Å². The van der Waals surface area contributed by atoms with Crippen molar-refractivity contribution >= 4 is 11.9 Å². The Hall–Kier alpha value is -5.00. The number of allylic oxidation sites excluding steroid dienone is 30. The SMILES string of the molecule is CC/C=C\C/C=C\C/C=C\C/C=C\C/C=C\C/C=C\C/C=C\C/C=C\CCCCCCCCCCCCCCCCC(=O)OC(CO)COC(=O)CCCCC/C=C\C/C=C\C/C=C\C/C=C\C/C=C\C/C=C\C/C=C\CC. The van der Waals surface area contributed by atoms with Crippen LogP contribution in [-0.4, -0.2) is 36.4 Å². The topological polar surface area (TPSA) is 72.8 Å². The van der Waals surface area contributed by atoms with Gasteiger partial charge in [0.2, 0.25) is 0 Å². The van der Waals surface area contributed by atoms with Gasteiger partial charge in [-0.2, -0.15) is 0 Å². The Bertz CT molecular complexity index is 1780. The van der Waals surface area contributed by atoms with Gasteiger partial charge < -0.3 is 14.6 Å². The molecule has 0 bridgehead atoms. The van der Waals surface area contributed by atoms with Crippen molar-refractivity contribution in [2.24, 2.45) is 0 Å². The van der Waals surface area contributed by atoms with Crippen molar-refractivity contribution in [2.45, 2.75) is 251 Å².